The predicted octanol–water partition coefficient (Wildman–Crippen LogP) is 1.06. The lowest BCUT2D eigenvalue weighted by molar-refractivity contribution is -0.0153. The lowest BCUT2D eigenvalue weighted by Gasteiger charge is -2.32. The molecule has 4 nitrogen and oxygen atoms in total. The van der Waals surface area contributed by atoms with Gasteiger partial charge in [0.15, 0.2) is 17.7 Å². The van der Waals surface area contributed by atoms with Crippen LogP contribution in [-0.2, 0) is 0 Å². The maximum atomic E-state index is 5.85. The van der Waals surface area contributed by atoms with Crippen LogP contribution in [0.25, 0.3) is 0 Å². The van der Waals surface area contributed by atoms with Crippen molar-refractivity contribution < 1.29 is 9.47 Å². The molecule has 16 heavy (non-hydrogen) atoms. The van der Waals surface area contributed by atoms with Gasteiger partial charge < -0.3 is 15.2 Å². The zero-order valence-corrected chi connectivity index (χ0v) is 9.56. The number of rotatable bonds is 4. The second-order valence-electron chi connectivity index (χ2n) is 3.95. The predicted molar refractivity (Wildman–Crippen MR) is 62.7 cm³/mol. The molecule has 1 atom stereocenters. The van der Waals surface area contributed by atoms with E-state index in [1.54, 1.807) is 0 Å². The van der Waals surface area contributed by atoms with Gasteiger partial charge in [-0.25, -0.2) is 0 Å². The molecule has 1 heterocycles. The van der Waals surface area contributed by atoms with E-state index in [9.17, 15) is 0 Å². The van der Waals surface area contributed by atoms with Crippen LogP contribution in [-0.4, -0.2) is 37.9 Å². The Labute approximate surface area is 95.9 Å². The molecule has 4 heteroatoms. The van der Waals surface area contributed by atoms with E-state index in [0.717, 1.165) is 24.5 Å². The minimum Gasteiger partial charge on any atom is -0.484 e. The summed E-state index contributed by atoms with van der Waals surface area (Å²) in [6.07, 6.45) is 0.958. The first kappa shape index (κ1) is 11.2. The van der Waals surface area contributed by atoms with Gasteiger partial charge in [-0.3, -0.25) is 4.90 Å². The molecule has 2 N–H and O–H groups in total. The van der Waals surface area contributed by atoms with Gasteiger partial charge in [-0.2, -0.15) is 0 Å². The number of likely N-dealkylation sites (N-methyl/N-ethyl adjacent to an activating group) is 1. The largest absolute Gasteiger partial charge is 0.484 e. The summed E-state index contributed by atoms with van der Waals surface area (Å²) in [5.74, 6) is 1.64. The SMILES string of the molecule is CN(CCCN)C1COc2ccccc2O1. The Bertz CT molecular complexity index is 344. The third kappa shape index (κ3) is 2.46. The van der Waals surface area contributed by atoms with Crippen molar-refractivity contribution in [3.8, 4) is 11.5 Å². The number of para-hydroxylation sites is 2. The smallest absolute Gasteiger partial charge is 0.186 e. The van der Waals surface area contributed by atoms with Crippen molar-refractivity contribution in [2.75, 3.05) is 26.7 Å². The van der Waals surface area contributed by atoms with Crippen molar-refractivity contribution in [2.45, 2.75) is 12.6 Å². The third-order valence-electron chi connectivity index (χ3n) is 2.70. The molecule has 0 spiro atoms. The number of nitrogens with two attached hydrogens (primary N) is 1. The summed E-state index contributed by atoms with van der Waals surface area (Å²) >= 11 is 0. The Morgan fingerprint density at radius 2 is 2.12 bits per heavy atom. The van der Waals surface area contributed by atoms with Gasteiger partial charge in [-0.15, -0.1) is 0 Å². The Kier molecular flexibility index (Phi) is 3.64. The second-order valence-corrected chi connectivity index (χ2v) is 3.95. The van der Waals surface area contributed by atoms with Crippen molar-refractivity contribution in [1.82, 2.24) is 4.90 Å². The number of hydrogen-bond donors (Lipinski definition) is 1. The zero-order valence-electron chi connectivity index (χ0n) is 9.56. The molecule has 88 valence electrons. The first-order valence-electron chi connectivity index (χ1n) is 5.60. The van der Waals surface area contributed by atoms with E-state index in [1.165, 1.54) is 0 Å². The molecule has 0 saturated carbocycles. The van der Waals surface area contributed by atoms with Gasteiger partial charge in [-0.05, 0) is 32.1 Å². The molecule has 0 aliphatic carbocycles. The van der Waals surface area contributed by atoms with Crippen LogP contribution < -0.4 is 15.2 Å². The van der Waals surface area contributed by atoms with Gasteiger partial charge in [0.25, 0.3) is 0 Å². The van der Waals surface area contributed by atoms with Crippen LogP contribution in [0.15, 0.2) is 24.3 Å². The molecular formula is C12H18N2O2. The van der Waals surface area contributed by atoms with Gasteiger partial charge in [0.2, 0.25) is 0 Å². The molecule has 0 saturated heterocycles. The summed E-state index contributed by atoms with van der Waals surface area (Å²) in [7, 11) is 2.03. The maximum Gasteiger partial charge on any atom is 0.186 e. The molecule has 1 unspecified atom stereocenters. The summed E-state index contributed by atoms with van der Waals surface area (Å²) in [6.45, 7) is 2.19. The lowest BCUT2D eigenvalue weighted by atomic mass is 10.3. The fourth-order valence-corrected chi connectivity index (χ4v) is 1.71. The molecule has 0 bridgehead atoms. The standard InChI is InChI=1S/C12H18N2O2/c1-14(8-4-7-13)12-9-15-10-5-2-3-6-11(10)16-12/h2-3,5-6,12H,4,7-9,13H2,1H3. The molecule has 0 radical (unpaired) electrons. The average Bonchev–Trinajstić information content (AvgIpc) is 2.35. The van der Waals surface area contributed by atoms with E-state index in [1.807, 2.05) is 31.3 Å². The van der Waals surface area contributed by atoms with Crippen molar-refractivity contribution in [3.05, 3.63) is 24.3 Å². The molecule has 2 rings (SSSR count). The zero-order chi connectivity index (χ0) is 11.4. The second kappa shape index (κ2) is 5.18. The first-order chi connectivity index (χ1) is 7.81. The third-order valence-corrected chi connectivity index (χ3v) is 2.70. The van der Waals surface area contributed by atoms with Crippen molar-refractivity contribution in [1.29, 1.82) is 0 Å². The maximum absolute atomic E-state index is 5.85. The van der Waals surface area contributed by atoms with Crippen molar-refractivity contribution >= 4 is 0 Å². The summed E-state index contributed by atoms with van der Waals surface area (Å²) in [5, 5.41) is 0. The molecule has 0 amide bonds. The Morgan fingerprint density at radius 1 is 1.38 bits per heavy atom. The van der Waals surface area contributed by atoms with Crippen LogP contribution >= 0.6 is 0 Å². The molecule has 1 aromatic carbocycles. The quantitative estimate of drug-likeness (QED) is 0.827. The van der Waals surface area contributed by atoms with Crippen molar-refractivity contribution in [2.24, 2.45) is 5.73 Å². The van der Waals surface area contributed by atoms with Crippen LogP contribution in [0.3, 0.4) is 0 Å². The molecular weight excluding hydrogens is 204 g/mol. The molecule has 1 aliphatic rings. The van der Waals surface area contributed by atoms with Crippen LogP contribution in [0.5, 0.6) is 11.5 Å². The summed E-state index contributed by atoms with van der Waals surface area (Å²) in [5.41, 5.74) is 5.48. The minimum absolute atomic E-state index is 0.0125. The number of fused-ring (bicyclic) bond motifs is 1. The van der Waals surface area contributed by atoms with Crippen LogP contribution in [0.2, 0.25) is 0 Å². The number of nitrogens with zero attached hydrogens (tertiary/aromatic N) is 1. The normalized spacial score (nSPS) is 18.8. The van der Waals surface area contributed by atoms with E-state index in [-0.39, 0.29) is 6.23 Å². The Morgan fingerprint density at radius 3 is 2.88 bits per heavy atom. The lowest BCUT2D eigenvalue weighted by Crippen LogP contribution is -2.44. The van der Waals surface area contributed by atoms with Crippen LogP contribution in [0, 0.1) is 0 Å². The van der Waals surface area contributed by atoms with Gasteiger partial charge in [0.05, 0.1) is 0 Å². The van der Waals surface area contributed by atoms with E-state index < -0.39 is 0 Å². The topological polar surface area (TPSA) is 47.7 Å². The highest BCUT2D eigenvalue weighted by Crippen LogP contribution is 2.31. The average molecular weight is 222 g/mol. The summed E-state index contributed by atoms with van der Waals surface area (Å²) < 4.78 is 11.5. The fourth-order valence-electron chi connectivity index (χ4n) is 1.71. The molecule has 1 aliphatic heterocycles. The molecule has 1 aromatic rings. The van der Waals surface area contributed by atoms with Gasteiger partial charge in [0.1, 0.15) is 6.61 Å². The van der Waals surface area contributed by atoms with Crippen LogP contribution in [0.1, 0.15) is 6.42 Å². The van der Waals surface area contributed by atoms with E-state index in [4.69, 9.17) is 15.2 Å². The summed E-state index contributed by atoms with van der Waals surface area (Å²) in [4.78, 5) is 2.13. The highest BCUT2D eigenvalue weighted by molar-refractivity contribution is 5.40. The Balaban J connectivity index is 1.97. The first-order valence-corrected chi connectivity index (χ1v) is 5.60. The minimum atomic E-state index is -0.0125. The van der Waals surface area contributed by atoms with Gasteiger partial charge >= 0.3 is 0 Å². The Hall–Kier alpha value is -1.26. The monoisotopic (exact) mass is 222 g/mol. The van der Waals surface area contributed by atoms with E-state index >= 15 is 0 Å². The number of hydrogen-bond acceptors (Lipinski definition) is 4. The molecule has 0 fully saturated rings. The highest BCUT2D eigenvalue weighted by atomic mass is 16.6. The van der Waals surface area contributed by atoms with E-state index in [0.29, 0.717) is 13.2 Å². The summed E-state index contributed by atoms with van der Waals surface area (Å²) in [6, 6.07) is 7.74. The van der Waals surface area contributed by atoms with Gasteiger partial charge in [0, 0.05) is 6.54 Å². The van der Waals surface area contributed by atoms with Crippen molar-refractivity contribution in [3.63, 3.8) is 0 Å². The van der Waals surface area contributed by atoms with Crippen LogP contribution in [0.4, 0.5) is 0 Å². The number of ether oxygens (including phenoxy) is 2. The number of benzene rings is 1. The molecule has 0 aromatic heterocycles. The fraction of sp³-hybridized carbons (Fsp3) is 0.500. The van der Waals surface area contributed by atoms with E-state index in [2.05, 4.69) is 4.90 Å². The van der Waals surface area contributed by atoms with Gasteiger partial charge in [-0.1, -0.05) is 12.1 Å². The highest BCUT2D eigenvalue weighted by Gasteiger charge is 2.23.